The summed E-state index contributed by atoms with van der Waals surface area (Å²) in [7, 11) is 0. The van der Waals surface area contributed by atoms with Crippen LogP contribution >= 0.6 is 11.6 Å². The van der Waals surface area contributed by atoms with E-state index in [0.29, 0.717) is 0 Å². The molecule has 1 nitrogen and oxygen atoms in total. The molecule has 110 valence electrons. The minimum atomic E-state index is -0.332. The lowest BCUT2D eigenvalue weighted by atomic mass is 9.94. The van der Waals surface area contributed by atoms with Gasteiger partial charge in [0.1, 0.15) is 5.82 Å². The van der Waals surface area contributed by atoms with Crippen LogP contribution in [0.25, 0.3) is 0 Å². The third-order valence-electron chi connectivity index (χ3n) is 3.84. The highest BCUT2D eigenvalue weighted by molar-refractivity contribution is 6.31. The Bertz CT molecular complexity index is 470. The molecule has 0 fully saturated rings. The van der Waals surface area contributed by atoms with Crippen molar-refractivity contribution in [3.8, 4) is 0 Å². The lowest BCUT2D eigenvalue weighted by Gasteiger charge is -2.23. The highest BCUT2D eigenvalue weighted by atomic mass is 35.5. The molecule has 1 aliphatic rings. The highest BCUT2D eigenvalue weighted by Crippen LogP contribution is 2.34. The normalized spacial score (nSPS) is 17.4. The summed E-state index contributed by atoms with van der Waals surface area (Å²) in [6, 6.07) is 5.15. The van der Waals surface area contributed by atoms with Crippen LogP contribution in [0.5, 0.6) is 0 Å². The Morgan fingerprint density at radius 1 is 1.30 bits per heavy atom. The Labute approximate surface area is 126 Å². The Hall–Kier alpha value is -0.860. The largest absolute Gasteiger partial charge is 0.306 e. The molecule has 0 heterocycles. The maximum absolute atomic E-state index is 13.7. The van der Waals surface area contributed by atoms with Crippen molar-refractivity contribution in [2.24, 2.45) is 0 Å². The molecule has 1 unspecified atom stereocenters. The van der Waals surface area contributed by atoms with Crippen LogP contribution in [0.4, 0.5) is 4.39 Å². The molecule has 0 bridgehead atoms. The Morgan fingerprint density at radius 3 is 2.95 bits per heavy atom. The molecular formula is C17H23ClFN. The van der Waals surface area contributed by atoms with Crippen molar-refractivity contribution in [3.63, 3.8) is 0 Å². The van der Waals surface area contributed by atoms with Gasteiger partial charge in [0.2, 0.25) is 0 Å². The van der Waals surface area contributed by atoms with Gasteiger partial charge in [-0.2, -0.15) is 0 Å². The molecule has 1 atom stereocenters. The summed E-state index contributed by atoms with van der Waals surface area (Å²) < 4.78 is 13.7. The molecule has 0 saturated carbocycles. The maximum atomic E-state index is 13.7. The molecule has 1 aromatic carbocycles. The Morgan fingerprint density at radius 2 is 2.15 bits per heavy atom. The Balaban J connectivity index is 2.30. The van der Waals surface area contributed by atoms with Crippen molar-refractivity contribution in [1.29, 1.82) is 0 Å². The van der Waals surface area contributed by atoms with E-state index in [4.69, 9.17) is 11.6 Å². The van der Waals surface area contributed by atoms with Crippen molar-refractivity contribution in [2.45, 2.75) is 51.5 Å². The van der Waals surface area contributed by atoms with E-state index < -0.39 is 0 Å². The number of nitrogens with one attached hydrogen (secondary N) is 1. The second-order valence-electron chi connectivity index (χ2n) is 5.41. The van der Waals surface area contributed by atoms with E-state index in [0.717, 1.165) is 31.4 Å². The van der Waals surface area contributed by atoms with Crippen molar-refractivity contribution >= 4 is 11.6 Å². The van der Waals surface area contributed by atoms with Crippen molar-refractivity contribution in [2.75, 3.05) is 6.54 Å². The second kappa shape index (κ2) is 7.80. The van der Waals surface area contributed by atoms with Gasteiger partial charge in [-0.3, -0.25) is 0 Å². The van der Waals surface area contributed by atoms with Crippen LogP contribution in [0.1, 0.15) is 57.1 Å². The lowest BCUT2D eigenvalue weighted by molar-refractivity contribution is 0.560. The molecule has 0 saturated heterocycles. The quantitative estimate of drug-likeness (QED) is 0.716. The molecule has 20 heavy (non-hydrogen) atoms. The van der Waals surface area contributed by atoms with Gasteiger partial charge in [-0.1, -0.05) is 48.7 Å². The molecule has 1 aliphatic carbocycles. The first kappa shape index (κ1) is 15.5. The molecule has 0 radical (unpaired) electrons. The number of halogens is 2. The van der Waals surface area contributed by atoms with Crippen molar-refractivity contribution in [3.05, 3.63) is 46.3 Å². The van der Waals surface area contributed by atoms with Crippen LogP contribution in [-0.2, 0) is 0 Å². The van der Waals surface area contributed by atoms with Gasteiger partial charge in [0, 0.05) is 0 Å². The predicted molar refractivity (Wildman–Crippen MR) is 83.6 cm³/mol. The number of hydrogen-bond acceptors (Lipinski definition) is 1. The van der Waals surface area contributed by atoms with Gasteiger partial charge in [-0.15, -0.1) is 0 Å². The predicted octanol–water partition coefficient (Wildman–Crippen LogP) is 5.41. The van der Waals surface area contributed by atoms with Crippen LogP contribution in [0.2, 0.25) is 5.02 Å². The molecular weight excluding hydrogens is 273 g/mol. The van der Waals surface area contributed by atoms with Gasteiger partial charge in [0.25, 0.3) is 0 Å². The van der Waals surface area contributed by atoms with E-state index in [1.807, 2.05) is 6.07 Å². The zero-order valence-corrected chi connectivity index (χ0v) is 12.8. The fourth-order valence-electron chi connectivity index (χ4n) is 2.77. The number of allylic oxidation sites excluding steroid dienone is 1. The van der Waals surface area contributed by atoms with Gasteiger partial charge < -0.3 is 5.32 Å². The lowest BCUT2D eigenvalue weighted by Crippen LogP contribution is -2.24. The number of hydrogen-bond donors (Lipinski definition) is 1. The fourth-order valence-corrected chi connectivity index (χ4v) is 3.01. The fraction of sp³-hybridized carbons (Fsp3) is 0.529. The van der Waals surface area contributed by atoms with Crippen LogP contribution in [0, 0.1) is 5.82 Å². The highest BCUT2D eigenvalue weighted by Gasteiger charge is 2.20. The summed E-state index contributed by atoms with van der Waals surface area (Å²) in [5, 5.41) is 3.79. The molecule has 0 aliphatic heterocycles. The van der Waals surface area contributed by atoms with Crippen LogP contribution < -0.4 is 5.32 Å². The number of benzene rings is 1. The number of rotatable bonds is 5. The molecule has 2 rings (SSSR count). The van der Waals surface area contributed by atoms with E-state index in [2.05, 4.69) is 18.3 Å². The first-order valence-electron chi connectivity index (χ1n) is 7.60. The SMILES string of the molecule is CCCNC(C1=CCCCCC1)c1cccc(F)c1Cl. The minimum absolute atomic E-state index is 0.0521. The Kier molecular flexibility index (Phi) is 6.06. The smallest absolute Gasteiger partial charge is 0.142 e. The monoisotopic (exact) mass is 295 g/mol. The van der Waals surface area contributed by atoms with E-state index in [1.54, 1.807) is 6.07 Å². The van der Waals surface area contributed by atoms with E-state index in [9.17, 15) is 4.39 Å². The second-order valence-corrected chi connectivity index (χ2v) is 5.79. The van der Waals surface area contributed by atoms with Crippen molar-refractivity contribution in [1.82, 2.24) is 5.32 Å². The van der Waals surface area contributed by atoms with E-state index >= 15 is 0 Å². The van der Waals surface area contributed by atoms with Crippen LogP contribution in [0.15, 0.2) is 29.8 Å². The maximum Gasteiger partial charge on any atom is 0.142 e. The summed E-state index contributed by atoms with van der Waals surface area (Å²) >= 11 is 6.18. The average Bonchev–Trinajstić information content (AvgIpc) is 2.73. The zero-order chi connectivity index (χ0) is 14.4. The summed E-state index contributed by atoms with van der Waals surface area (Å²) in [6.07, 6.45) is 9.31. The third-order valence-corrected chi connectivity index (χ3v) is 4.24. The van der Waals surface area contributed by atoms with Gasteiger partial charge in [0.05, 0.1) is 11.1 Å². The minimum Gasteiger partial charge on any atom is -0.306 e. The molecule has 1 aromatic rings. The summed E-state index contributed by atoms with van der Waals surface area (Å²) in [4.78, 5) is 0. The zero-order valence-electron chi connectivity index (χ0n) is 12.1. The molecule has 0 amide bonds. The summed E-state index contributed by atoms with van der Waals surface area (Å²) in [5.41, 5.74) is 2.23. The van der Waals surface area contributed by atoms with Crippen molar-refractivity contribution < 1.29 is 4.39 Å². The van der Waals surface area contributed by atoms with E-state index in [-0.39, 0.29) is 16.9 Å². The molecule has 3 heteroatoms. The third kappa shape index (κ3) is 3.83. The van der Waals surface area contributed by atoms with Crippen LogP contribution in [-0.4, -0.2) is 6.54 Å². The topological polar surface area (TPSA) is 12.0 Å². The first-order valence-corrected chi connectivity index (χ1v) is 7.98. The summed E-state index contributed by atoms with van der Waals surface area (Å²) in [6.45, 7) is 3.05. The van der Waals surface area contributed by atoms with Crippen LogP contribution in [0.3, 0.4) is 0 Å². The molecule has 0 spiro atoms. The van der Waals surface area contributed by atoms with Gasteiger partial charge >= 0.3 is 0 Å². The average molecular weight is 296 g/mol. The standard InChI is InChI=1S/C17H23ClFN/c1-2-12-20-17(13-8-5-3-4-6-9-13)14-10-7-11-15(19)16(14)18/h7-8,10-11,17,20H,2-6,9,12H2,1H3. The first-order chi connectivity index (χ1) is 9.74. The molecule has 1 N–H and O–H groups in total. The van der Waals surface area contributed by atoms with E-state index in [1.165, 1.54) is 30.9 Å². The molecule has 0 aromatic heterocycles. The summed E-state index contributed by atoms with van der Waals surface area (Å²) in [5.74, 6) is -0.332. The van der Waals surface area contributed by atoms with Gasteiger partial charge in [-0.05, 0) is 50.3 Å². The van der Waals surface area contributed by atoms with Gasteiger partial charge in [-0.25, -0.2) is 4.39 Å². The van der Waals surface area contributed by atoms with Gasteiger partial charge in [0.15, 0.2) is 0 Å².